The average Bonchev–Trinajstić information content (AvgIpc) is 2.67. The first-order valence-electron chi connectivity index (χ1n) is 10.9. The standard InChI is InChI=1S/C22H35N3O2/c26-22(17-23-21-6-4-2-1-3-5-7-21)24-16-19-8-10-20(11-9-19)18-25-12-14-27-15-13-25/h8-11,21,23H,1-7,12-18H2,(H,24,26)/p+2. The quantitative estimate of drug-likeness (QED) is 0.646. The summed E-state index contributed by atoms with van der Waals surface area (Å²) >= 11 is 0. The van der Waals surface area contributed by atoms with Gasteiger partial charge in [0.05, 0.1) is 19.3 Å². The maximum absolute atomic E-state index is 12.2. The van der Waals surface area contributed by atoms with Crippen LogP contribution in [0.1, 0.15) is 56.1 Å². The fourth-order valence-electron chi connectivity index (χ4n) is 4.17. The average molecular weight is 376 g/mol. The molecule has 150 valence electrons. The normalized spacial score (nSPS) is 20.0. The van der Waals surface area contributed by atoms with Gasteiger partial charge in [-0.25, -0.2) is 0 Å². The molecule has 1 amide bonds. The number of rotatable bonds is 7. The maximum atomic E-state index is 12.2. The van der Waals surface area contributed by atoms with Crippen LogP contribution in [0, 0.1) is 0 Å². The third-order valence-electron chi connectivity index (χ3n) is 5.95. The molecule has 0 radical (unpaired) electrons. The topological polar surface area (TPSA) is 59.4 Å². The second-order valence-electron chi connectivity index (χ2n) is 8.18. The minimum Gasteiger partial charge on any atom is -0.370 e. The molecule has 27 heavy (non-hydrogen) atoms. The van der Waals surface area contributed by atoms with Gasteiger partial charge in [0.2, 0.25) is 0 Å². The van der Waals surface area contributed by atoms with E-state index in [1.54, 1.807) is 4.90 Å². The number of quaternary nitrogens is 2. The molecule has 2 aliphatic rings. The zero-order valence-corrected chi connectivity index (χ0v) is 16.7. The zero-order chi connectivity index (χ0) is 18.7. The third kappa shape index (κ3) is 7.60. The van der Waals surface area contributed by atoms with Crippen LogP contribution in [0.5, 0.6) is 0 Å². The molecule has 0 atom stereocenters. The summed E-state index contributed by atoms with van der Waals surface area (Å²) in [4.78, 5) is 13.8. The lowest BCUT2D eigenvalue weighted by molar-refractivity contribution is -0.921. The number of ether oxygens (including phenoxy) is 1. The van der Waals surface area contributed by atoms with Crippen LogP contribution >= 0.6 is 0 Å². The molecular formula is C22H37N3O2+2. The number of hydrogen-bond donors (Lipinski definition) is 3. The van der Waals surface area contributed by atoms with Crippen molar-refractivity contribution in [3.05, 3.63) is 35.4 Å². The molecule has 0 bridgehead atoms. The predicted octanol–water partition coefficient (Wildman–Crippen LogP) is 0.394. The van der Waals surface area contributed by atoms with Crippen LogP contribution in [-0.2, 0) is 22.6 Å². The van der Waals surface area contributed by atoms with Gasteiger partial charge in [-0.1, -0.05) is 43.5 Å². The Morgan fingerprint density at radius 1 is 1.00 bits per heavy atom. The lowest BCUT2D eigenvalue weighted by atomic mass is 9.97. The molecule has 1 aromatic rings. The highest BCUT2D eigenvalue weighted by molar-refractivity contribution is 5.76. The van der Waals surface area contributed by atoms with E-state index in [1.165, 1.54) is 56.1 Å². The first-order chi connectivity index (χ1) is 13.3. The Hall–Kier alpha value is -1.43. The Morgan fingerprint density at radius 2 is 1.63 bits per heavy atom. The van der Waals surface area contributed by atoms with Gasteiger partial charge in [-0.05, 0) is 31.2 Å². The SMILES string of the molecule is O=C(C[NH2+]C1CCCCCCC1)NCc1ccc(C[NH+]2CCOCC2)cc1. The van der Waals surface area contributed by atoms with E-state index in [-0.39, 0.29) is 5.91 Å². The molecule has 1 aromatic carbocycles. The predicted molar refractivity (Wildman–Crippen MR) is 106 cm³/mol. The largest absolute Gasteiger partial charge is 0.370 e. The smallest absolute Gasteiger partial charge is 0.275 e. The van der Waals surface area contributed by atoms with Crippen LogP contribution in [0.15, 0.2) is 24.3 Å². The van der Waals surface area contributed by atoms with E-state index < -0.39 is 0 Å². The Kier molecular flexibility index (Phi) is 8.59. The van der Waals surface area contributed by atoms with Gasteiger partial charge in [0, 0.05) is 12.1 Å². The lowest BCUT2D eigenvalue weighted by Crippen LogP contribution is -3.12. The number of morpholine rings is 1. The maximum Gasteiger partial charge on any atom is 0.275 e. The van der Waals surface area contributed by atoms with Crippen molar-refractivity contribution in [3.63, 3.8) is 0 Å². The Labute approximate surface area is 163 Å². The number of nitrogens with one attached hydrogen (secondary N) is 2. The van der Waals surface area contributed by atoms with Gasteiger partial charge in [0.15, 0.2) is 6.54 Å². The van der Waals surface area contributed by atoms with Crippen LogP contribution in [0.2, 0.25) is 0 Å². The second-order valence-corrected chi connectivity index (χ2v) is 8.18. The van der Waals surface area contributed by atoms with Crippen molar-refractivity contribution in [2.45, 2.75) is 64.1 Å². The van der Waals surface area contributed by atoms with Gasteiger partial charge in [0.25, 0.3) is 5.91 Å². The van der Waals surface area contributed by atoms with E-state index in [2.05, 4.69) is 34.9 Å². The molecule has 3 rings (SSSR count). The first-order valence-corrected chi connectivity index (χ1v) is 10.9. The summed E-state index contributed by atoms with van der Waals surface area (Å²) in [6.45, 7) is 6.18. The molecular weight excluding hydrogens is 338 g/mol. The van der Waals surface area contributed by atoms with E-state index in [1.807, 2.05) is 0 Å². The van der Waals surface area contributed by atoms with Gasteiger partial charge in [-0.15, -0.1) is 0 Å². The minimum atomic E-state index is 0.152. The van der Waals surface area contributed by atoms with Crippen molar-refractivity contribution in [1.29, 1.82) is 0 Å². The van der Waals surface area contributed by atoms with E-state index in [4.69, 9.17) is 4.74 Å². The fraction of sp³-hybridized carbons (Fsp3) is 0.682. The van der Waals surface area contributed by atoms with Crippen LogP contribution in [-0.4, -0.2) is 44.8 Å². The van der Waals surface area contributed by atoms with Gasteiger partial charge < -0.3 is 20.3 Å². The van der Waals surface area contributed by atoms with E-state index in [0.29, 0.717) is 19.1 Å². The van der Waals surface area contributed by atoms with E-state index in [9.17, 15) is 4.79 Å². The molecule has 1 aliphatic heterocycles. The first kappa shape index (κ1) is 20.3. The fourth-order valence-corrected chi connectivity index (χ4v) is 4.17. The van der Waals surface area contributed by atoms with Crippen molar-refractivity contribution in [2.24, 2.45) is 0 Å². The molecule has 2 fully saturated rings. The molecule has 0 spiro atoms. The highest BCUT2D eigenvalue weighted by atomic mass is 16.5. The summed E-state index contributed by atoms with van der Waals surface area (Å²) in [5.74, 6) is 0.152. The summed E-state index contributed by atoms with van der Waals surface area (Å²) in [5, 5.41) is 5.33. The van der Waals surface area contributed by atoms with Crippen LogP contribution in [0.25, 0.3) is 0 Å². The minimum absolute atomic E-state index is 0.152. The van der Waals surface area contributed by atoms with Gasteiger partial charge >= 0.3 is 0 Å². The van der Waals surface area contributed by atoms with Crippen LogP contribution in [0.3, 0.4) is 0 Å². The van der Waals surface area contributed by atoms with Gasteiger partial charge in [-0.3, -0.25) is 4.79 Å². The number of carbonyl (C=O) groups excluding carboxylic acids is 1. The van der Waals surface area contributed by atoms with Gasteiger partial charge in [-0.2, -0.15) is 0 Å². The summed E-state index contributed by atoms with van der Waals surface area (Å²) in [5.41, 5.74) is 2.54. The van der Waals surface area contributed by atoms with Crippen molar-refractivity contribution >= 4 is 5.91 Å². The Bertz CT molecular complexity index is 547. The monoisotopic (exact) mass is 375 g/mol. The molecule has 1 heterocycles. The number of hydrogen-bond acceptors (Lipinski definition) is 2. The highest BCUT2D eigenvalue weighted by Crippen LogP contribution is 2.14. The molecule has 0 aromatic heterocycles. The molecule has 1 saturated heterocycles. The zero-order valence-electron chi connectivity index (χ0n) is 16.7. The number of benzene rings is 1. The Balaban J connectivity index is 1.34. The molecule has 1 saturated carbocycles. The van der Waals surface area contributed by atoms with E-state index in [0.717, 1.165) is 32.8 Å². The van der Waals surface area contributed by atoms with Crippen molar-refractivity contribution in [3.8, 4) is 0 Å². The second kappa shape index (κ2) is 11.4. The molecule has 5 heteroatoms. The summed E-state index contributed by atoms with van der Waals surface area (Å²) in [6, 6.07) is 9.33. The molecule has 5 nitrogen and oxygen atoms in total. The number of carbonyl (C=O) groups is 1. The summed E-state index contributed by atoms with van der Waals surface area (Å²) in [7, 11) is 0. The Morgan fingerprint density at radius 3 is 2.33 bits per heavy atom. The van der Waals surface area contributed by atoms with Crippen molar-refractivity contribution in [1.82, 2.24) is 5.32 Å². The number of amides is 1. The highest BCUT2D eigenvalue weighted by Gasteiger charge is 2.16. The van der Waals surface area contributed by atoms with Crippen LogP contribution < -0.4 is 15.5 Å². The van der Waals surface area contributed by atoms with Gasteiger partial charge in [0.1, 0.15) is 19.6 Å². The van der Waals surface area contributed by atoms with E-state index >= 15 is 0 Å². The third-order valence-corrected chi connectivity index (χ3v) is 5.95. The lowest BCUT2D eigenvalue weighted by Gasteiger charge is -2.23. The molecule has 1 aliphatic carbocycles. The molecule has 0 unspecified atom stereocenters. The van der Waals surface area contributed by atoms with Crippen molar-refractivity contribution in [2.75, 3.05) is 32.8 Å². The molecule has 4 N–H and O–H groups in total. The van der Waals surface area contributed by atoms with Crippen LogP contribution in [0.4, 0.5) is 0 Å². The summed E-state index contributed by atoms with van der Waals surface area (Å²) < 4.78 is 5.42. The summed E-state index contributed by atoms with van der Waals surface area (Å²) in [6.07, 6.45) is 9.28. The van der Waals surface area contributed by atoms with Crippen molar-refractivity contribution < 1.29 is 19.7 Å². The number of nitrogens with two attached hydrogens (primary N) is 1.